The number of rotatable bonds is 2. The third-order valence-corrected chi connectivity index (χ3v) is 4.16. The van der Waals surface area contributed by atoms with E-state index in [0.717, 1.165) is 12.0 Å². The quantitative estimate of drug-likeness (QED) is 0.507. The van der Waals surface area contributed by atoms with Crippen LogP contribution in [0.25, 0.3) is 5.57 Å². The van der Waals surface area contributed by atoms with E-state index in [1.165, 1.54) is 27.9 Å². The van der Waals surface area contributed by atoms with E-state index in [9.17, 15) is 0 Å². The summed E-state index contributed by atoms with van der Waals surface area (Å²) >= 11 is 0. The van der Waals surface area contributed by atoms with Crippen molar-refractivity contribution in [2.75, 3.05) is 0 Å². The SMILES string of the molecule is CC1=C(C)C(C)=C(c2[c-]cccc2)C1.OCc1ccccc1.[Cl-].[Cl-].[Ti+3]. The summed E-state index contributed by atoms with van der Waals surface area (Å²) in [5.74, 6) is 0. The molecule has 0 aliphatic heterocycles. The number of hydrogen-bond acceptors (Lipinski definition) is 1. The van der Waals surface area contributed by atoms with Gasteiger partial charge in [-0.3, -0.25) is 0 Å². The molecule has 131 valence electrons. The van der Waals surface area contributed by atoms with E-state index in [1.807, 2.05) is 42.5 Å². The van der Waals surface area contributed by atoms with Gasteiger partial charge in [0.05, 0.1) is 6.61 Å². The fraction of sp³-hybridized carbons (Fsp3) is 0.238. The molecule has 0 atom stereocenters. The monoisotopic (exact) mass is 409 g/mol. The Morgan fingerprint density at radius 1 is 0.880 bits per heavy atom. The Kier molecular flexibility index (Phi) is 14.1. The molecule has 0 spiro atoms. The first-order valence-corrected chi connectivity index (χ1v) is 7.61. The van der Waals surface area contributed by atoms with Crippen molar-refractivity contribution in [1.82, 2.24) is 0 Å². The summed E-state index contributed by atoms with van der Waals surface area (Å²) in [6, 6.07) is 21.0. The molecule has 0 aromatic heterocycles. The third-order valence-electron chi connectivity index (χ3n) is 4.16. The van der Waals surface area contributed by atoms with E-state index in [1.54, 1.807) is 0 Å². The molecule has 1 radical (unpaired) electrons. The molecule has 0 bridgehead atoms. The predicted molar refractivity (Wildman–Crippen MR) is 93.2 cm³/mol. The van der Waals surface area contributed by atoms with Gasteiger partial charge in [0, 0.05) is 0 Å². The minimum atomic E-state index is 0. The molecule has 0 fully saturated rings. The van der Waals surface area contributed by atoms with Crippen LogP contribution in [0, 0.1) is 6.07 Å². The molecule has 0 amide bonds. The van der Waals surface area contributed by atoms with Crippen LogP contribution < -0.4 is 24.8 Å². The van der Waals surface area contributed by atoms with Gasteiger partial charge in [0.1, 0.15) is 0 Å². The second-order valence-electron chi connectivity index (χ2n) is 5.61. The van der Waals surface area contributed by atoms with Gasteiger partial charge in [0.2, 0.25) is 0 Å². The van der Waals surface area contributed by atoms with Crippen molar-refractivity contribution < 1.29 is 51.6 Å². The summed E-state index contributed by atoms with van der Waals surface area (Å²) in [6.07, 6.45) is 1.10. The van der Waals surface area contributed by atoms with Crippen LogP contribution in [0.2, 0.25) is 0 Å². The van der Waals surface area contributed by atoms with Gasteiger partial charge in [-0.15, -0.1) is 41.5 Å². The Hall–Kier alpha value is -0.826. The van der Waals surface area contributed by atoms with Crippen LogP contribution >= 0.6 is 0 Å². The molecule has 0 saturated heterocycles. The summed E-state index contributed by atoms with van der Waals surface area (Å²) in [5.41, 5.74) is 8.05. The first-order chi connectivity index (χ1) is 10.6. The van der Waals surface area contributed by atoms with Crippen LogP contribution in [0.3, 0.4) is 0 Å². The zero-order valence-electron chi connectivity index (χ0n) is 14.8. The van der Waals surface area contributed by atoms with Crippen LogP contribution in [0.1, 0.15) is 38.3 Å². The van der Waals surface area contributed by atoms with Crippen molar-refractivity contribution in [3.05, 3.63) is 88.5 Å². The fourth-order valence-electron chi connectivity index (χ4n) is 2.54. The van der Waals surface area contributed by atoms with Crippen molar-refractivity contribution in [1.29, 1.82) is 0 Å². The zero-order valence-corrected chi connectivity index (χ0v) is 17.9. The average molecular weight is 410 g/mol. The number of hydrogen-bond donors (Lipinski definition) is 1. The van der Waals surface area contributed by atoms with E-state index in [2.05, 4.69) is 39.0 Å². The van der Waals surface area contributed by atoms with Gasteiger partial charge in [0.15, 0.2) is 0 Å². The molecule has 4 heteroatoms. The Labute approximate surface area is 179 Å². The topological polar surface area (TPSA) is 20.2 Å². The standard InChI is InChI=1S/C14H15.C7H8O.2ClH.Ti/c1-10-9-14(12(3)11(10)2)13-7-5-4-6-8-13;8-6-7-4-2-1-3-5-7;;;/h4-7H,9H2,1-3H3;1-5,8H,6H2;2*1H;/q-1;;;;+3/p-2. The molecule has 0 unspecified atom stereocenters. The Morgan fingerprint density at radius 3 is 1.88 bits per heavy atom. The summed E-state index contributed by atoms with van der Waals surface area (Å²) in [5, 5.41) is 8.54. The number of benzene rings is 2. The molecular weight excluding hydrogens is 387 g/mol. The fourth-order valence-corrected chi connectivity index (χ4v) is 2.54. The van der Waals surface area contributed by atoms with Crippen molar-refractivity contribution >= 4 is 5.57 Å². The van der Waals surface area contributed by atoms with E-state index in [-0.39, 0.29) is 53.1 Å². The Bertz CT molecular complexity index is 680. The maximum atomic E-state index is 8.54. The molecule has 0 heterocycles. The minimum absolute atomic E-state index is 0. The summed E-state index contributed by atoms with van der Waals surface area (Å²) in [6.45, 7) is 6.78. The van der Waals surface area contributed by atoms with Crippen LogP contribution in [-0.2, 0) is 28.3 Å². The average Bonchev–Trinajstić information content (AvgIpc) is 2.84. The molecule has 1 aliphatic rings. The van der Waals surface area contributed by atoms with Crippen LogP contribution in [0.15, 0.2) is 71.3 Å². The molecule has 1 aliphatic carbocycles. The normalized spacial score (nSPS) is 12.3. The molecule has 1 nitrogen and oxygen atoms in total. The smallest absolute Gasteiger partial charge is 1.00 e. The number of allylic oxidation sites excluding steroid dienone is 4. The van der Waals surface area contributed by atoms with Crippen molar-refractivity contribution in [2.45, 2.75) is 33.8 Å². The van der Waals surface area contributed by atoms with Crippen LogP contribution in [0.5, 0.6) is 0 Å². The van der Waals surface area contributed by atoms with Gasteiger partial charge in [-0.05, 0) is 32.8 Å². The third kappa shape index (κ3) is 7.52. The van der Waals surface area contributed by atoms with Gasteiger partial charge >= 0.3 is 21.7 Å². The maximum Gasteiger partial charge on any atom is 3.00 e. The van der Waals surface area contributed by atoms with Gasteiger partial charge in [0.25, 0.3) is 0 Å². The Balaban J connectivity index is 0. The van der Waals surface area contributed by atoms with E-state index in [4.69, 9.17) is 5.11 Å². The second kappa shape index (κ2) is 13.4. The molecule has 2 aromatic rings. The summed E-state index contributed by atoms with van der Waals surface area (Å²) in [7, 11) is 0. The molecule has 25 heavy (non-hydrogen) atoms. The maximum absolute atomic E-state index is 8.54. The predicted octanol–water partition coefficient (Wildman–Crippen LogP) is -0.815. The zero-order chi connectivity index (χ0) is 15.9. The first kappa shape index (κ1) is 26.4. The largest absolute Gasteiger partial charge is 3.00 e. The molecule has 1 N–H and O–H groups in total. The van der Waals surface area contributed by atoms with Gasteiger partial charge in [-0.1, -0.05) is 47.1 Å². The second-order valence-corrected chi connectivity index (χ2v) is 5.61. The van der Waals surface area contributed by atoms with Crippen LogP contribution in [0.4, 0.5) is 0 Å². The van der Waals surface area contributed by atoms with Crippen molar-refractivity contribution in [3.63, 3.8) is 0 Å². The molecular formula is C21H23Cl2OTi. The van der Waals surface area contributed by atoms with E-state index in [0.29, 0.717) is 0 Å². The van der Waals surface area contributed by atoms with Gasteiger partial charge < -0.3 is 29.9 Å². The number of aliphatic hydroxyl groups is 1. The number of aliphatic hydroxyl groups excluding tert-OH is 1. The molecule has 2 aromatic carbocycles. The Morgan fingerprint density at radius 2 is 1.48 bits per heavy atom. The van der Waals surface area contributed by atoms with Gasteiger partial charge in [-0.2, -0.15) is 0 Å². The summed E-state index contributed by atoms with van der Waals surface area (Å²) < 4.78 is 0. The van der Waals surface area contributed by atoms with Crippen molar-refractivity contribution in [2.24, 2.45) is 0 Å². The molecule has 0 saturated carbocycles. The van der Waals surface area contributed by atoms with E-state index < -0.39 is 0 Å². The first-order valence-electron chi connectivity index (χ1n) is 7.61. The van der Waals surface area contributed by atoms with Crippen LogP contribution in [-0.4, -0.2) is 5.11 Å². The summed E-state index contributed by atoms with van der Waals surface area (Å²) in [4.78, 5) is 0. The molecule has 3 rings (SSSR count). The van der Waals surface area contributed by atoms with Gasteiger partial charge in [-0.25, -0.2) is 0 Å². The minimum Gasteiger partial charge on any atom is -1.00 e. The number of halogens is 2. The van der Waals surface area contributed by atoms with E-state index >= 15 is 0 Å². The van der Waals surface area contributed by atoms with Crippen molar-refractivity contribution in [3.8, 4) is 0 Å².